The molecule has 0 aromatic heterocycles. The molecule has 1 rings (SSSR count). The second-order valence-corrected chi connectivity index (χ2v) is 3.54. The van der Waals surface area contributed by atoms with E-state index in [4.69, 9.17) is 18.0 Å². The quantitative estimate of drug-likeness (QED) is 0.688. The van der Waals surface area contributed by atoms with Gasteiger partial charge in [0.1, 0.15) is 10.8 Å². The molecule has 4 N–H and O–H groups in total. The van der Waals surface area contributed by atoms with E-state index in [0.29, 0.717) is 11.1 Å². The Kier molecular flexibility index (Phi) is 4.19. The van der Waals surface area contributed by atoms with E-state index in [1.807, 2.05) is 0 Å². The Bertz CT molecular complexity index is 423. The number of urea groups is 1. The van der Waals surface area contributed by atoms with Crippen molar-refractivity contribution in [2.75, 3.05) is 7.05 Å². The second-order valence-electron chi connectivity index (χ2n) is 3.10. The molecule has 0 unspecified atom stereocenters. The first-order chi connectivity index (χ1) is 7.54. The minimum Gasteiger partial charge on any atom is -0.389 e. The molecule has 0 heterocycles. The number of thiocarbonyl (C=S) groups is 1. The van der Waals surface area contributed by atoms with Crippen LogP contribution < -0.4 is 16.4 Å². The number of benzene rings is 1. The Labute approximate surface area is 98.0 Å². The third-order valence-corrected chi connectivity index (χ3v) is 2.24. The van der Waals surface area contributed by atoms with Crippen LogP contribution in [-0.2, 0) is 6.54 Å². The standard InChI is InChI=1S/C10H12FN3OS/c1-13-10(15)14-5-7-3-2-6(9(12)16)4-8(7)11/h2-4H,5H2,1H3,(H2,12,16)(H2,13,14,15). The normalized spacial score (nSPS) is 9.62. The minimum atomic E-state index is -0.443. The van der Waals surface area contributed by atoms with Crippen LogP contribution in [0.3, 0.4) is 0 Å². The molecule has 86 valence electrons. The molecule has 0 aliphatic heterocycles. The fraction of sp³-hybridized carbons (Fsp3) is 0.200. The Morgan fingerprint density at radius 2 is 2.25 bits per heavy atom. The molecule has 1 aromatic rings. The van der Waals surface area contributed by atoms with Crippen LogP contribution in [0.1, 0.15) is 11.1 Å². The second kappa shape index (κ2) is 5.41. The lowest BCUT2D eigenvalue weighted by Gasteiger charge is -2.07. The SMILES string of the molecule is CNC(=O)NCc1ccc(C(N)=S)cc1F. The molecule has 0 saturated carbocycles. The maximum atomic E-state index is 13.5. The summed E-state index contributed by atoms with van der Waals surface area (Å²) in [5.74, 6) is -0.443. The van der Waals surface area contributed by atoms with Crippen LogP contribution in [0.5, 0.6) is 0 Å². The molecule has 0 aliphatic carbocycles. The van der Waals surface area contributed by atoms with E-state index in [1.165, 1.54) is 13.1 Å². The Hall–Kier alpha value is -1.69. The molecular formula is C10H12FN3OS. The van der Waals surface area contributed by atoms with E-state index in [0.717, 1.165) is 0 Å². The van der Waals surface area contributed by atoms with Crippen molar-refractivity contribution < 1.29 is 9.18 Å². The van der Waals surface area contributed by atoms with E-state index in [-0.39, 0.29) is 17.6 Å². The minimum absolute atomic E-state index is 0.114. The monoisotopic (exact) mass is 241 g/mol. The van der Waals surface area contributed by atoms with Crippen molar-refractivity contribution in [3.63, 3.8) is 0 Å². The number of hydrogen-bond donors (Lipinski definition) is 3. The number of nitrogens with one attached hydrogen (secondary N) is 2. The fourth-order valence-corrected chi connectivity index (χ4v) is 1.23. The number of carbonyl (C=O) groups is 1. The molecule has 2 amide bonds. The van der Waals surface area contributed by atoms with Gasteiger partial charge in [-0.3, -0.25) is 0 Å². The third-order valence-electron chi connectivity index (χ3n) is 2.00. The van der Waals surface area contributed by atoms with Gasteiger partial charge in [0.25, 0.3) is 0 Å². The number of halogens is 1. The van der Waals surface area contributed by atoms with Gasteiger partial charge in [0.15, 0.2) is 0 Å². The van der Waals surface area contributed by atoms with E-state index >= 15 is 0 Å². The van der Waals surface area contributed by atoms with E-state index in [2.05, 4.69) is 10.6 Å². The van der Waals surface area contributed by atoms with Crippen molar-refractivity contribution in [1.29, 1.82) is 0 Å². The molecule has 16 heavy (non-hydrogen) atoms. The third kappa shape index (κ3) is 3.16. The molecule has 0 aliphatic rings. The average molecular weight is 241 g/mol. The zero-order chi connectivity index (χ0) is 12.1. The molecule has 1 aromatic carbocycles. The number of amides is 2. The largest absolute Gasteiger partial charge is 0.389 e. The van der Waals surface area contributed by atoms with Crippen molar-refractivity contribution in [1.82, 2.24) is 10.6 Å². The first-order valence-electron chi connectivity index (χ1n) is 4.58. The summed E-state index contributed by atoms with van der Waals surface area (Å²) in [5.41, 5.74) is 6.21. The summed E-state index contributed by atoms with van der Waals surface area (Å²) in [5, 5.41) is 4.86. The number of rotatable bonds is 3. The first-order valence-corrected chi connectivity index (χ1v) is 4.99. The molecule has 4 nitrogen and oxygen atoms in total. The van der Waals surface area contributed by atoms with Crippen molar-refractivity contribution in [3.8, 4) is 0 Å². The van der Waals surface area contributed by atoms with E-state index in [9.17, 15) is 9.18 Å². The van der Waals surface area contributed by atoms with Gasteiger partial charge in [0.05, 0.1) is 0 Å². The summed E-state index contributed by atoms with van der Waals surface area (Å²) in [6.07, 6.45) is 0. The highest BCUT2D eigenvalue weighted by Crippen LogP contribution is 2.10. The van der Waals surface area contributed by atoms with Gasteiger partial charge >= 0.3 is 6.03 Å². The summed E-state index contributed by atoms with van der Waals surface area (Å²) >= 11 is 4.72. The van der Waals surface area contributed by atoms with Crippen LogP contribution in [0.2, 0.25) is 0 Å². The highest BCUT2D eigenvalue weighted by atomic mass is 32.1. The molecule has 0 radical (unpaired) electrons. The van der Waals surface area contributed by atoms with Crippen LogP contribution in [0.25, 0.3) is 0 Å². The average Bonchev–Trinajstić information content (AvgIpc) is 2.26. The number of hydrogen-bond acceptors (Lipinski definition) is 2. The first kappa shape index (κ1) is 12.4. The molecule has 0 atom stereocenters. The van der Waals surface area contributed by atoms with Gasteiger partial charge < -0.3 is 16.4 Å². The summed E-state index contributed by atoms with van der Waals surface area (Å²) in [6.45, 7) is 0.114. The molecule has 0 spiro atoms. The Morgan fingerprint density at radius 3 is 2.75 bits per heavy atom. The zero-order valence-electron chi connectivity index (χ0n) is 8.71. The van der Waals surface area contributed by atoms with Crippen LogP contribution in [0, 0.1) is 5.82 Å². The van der Waals surface area contributed by atoms with Crippen molar-refractivity contribution in [2.45, 2.75) is 6.54 Å². The van der Waals surface area contributed by atoms with Crippen LogP contribution in [-0.4, -0.2) is 18.1 Å². The number of carbonyl (C=O) groups excluding carboxylic acids is 1. The topological polar surface area (TPSA) is 67.2 Å². The van der Waals surface area contributed by atoms with E-state index in [1.54, 1.807) is 12.1 Å². The summed E-state index contributed by atoms with van der Waals surface area (Å²) in [6, 6.07) is 4.05. The lowest BCUT2D eigenvalue weighted by Crippen LogP contribution is -2.32. The predicted octanol–water partition coefficient (Wildman–Crippen LogP) is 0.889. The van der Waals surface area contributed by atoms with Crippen molar-refractivity contribution >= 4 is 23.2 Å². The maximum Gasteiger partial charge on any atom is 0.314 e. The van der Waals surface area contributed by atoms with Crippen LogP contribution in [0.15, 0.2) is 18.2 Å². The molecule has 6 heteroatoms. The molecule has 0 fully saturated rings. The molecule has 0 saturated heterocycles. The van der Waals surface area contributed by atoms with Crippen LogP contribution >= 0.6 is 12.2 Å². The summed E-state index contributed by atoms with van der Waals surface area (Å²) in [7, 11) is 1.49. The maximum absolute atomic E-state index is 13.5. The smallest absolute Gasteiger partial charge is 0.314 e. The Morgan fingerprint density at radius 1 is 1.56 bits per heavy atom. The van der Waals surface area contributed by atoms with Gasteiger partial charge in [0, 0.05) is 24.7 Å². The van der Waals surface area contributed by atoms with E-state index < -0.39 is 5.82 Å². The van der Waals surface area contributed by atoms with Gasteiger partial charge in [-0.15, -0.1) is 0 Å². The summed E-state index contributed by atoms with van der Waals surface area (Å²) in [4.78, 5) is 11.0. The zero-order valence-corrected chi connectivity index (χ0v) is 9.53. The summed E-state index contributed by atoms with van der Waals surface area (Å²) < 4.78 is 13.5. The van der Waals surface area contributed by atoms with Crippen LogP contribution in [0.4, 0.5) is 9.18 Å². The highest BCUT2D eigenvalue weighted by Gasteiger charge is 2.06. The van der Waals surface area contributed by atoms with Crippen molar-refractivity contribution in [2.24, 2.45) is 5.73 Å². The lowest BCUT2D eigenvalue weighted by molar-refractivity contribution is 0.242. The highest BCUT2D eigenvalue weighted by molar-refractivity contribution is 7.80. The lowest BCUT2D eigenvalue weighted by atomic mass is 10.1. The van der Waals surface area contributed by atoms with Gasteiger partial charge in [-0.05, 0) is 6.07 Å². The molecular weight excluding hydrogens is 229 g/mol. The van der Waals surface area contributed by atoms with Gasteiger partial charge in [-0.25, -0.2) is 9.18 Å². The van der Waals surface area contributed by atoms with Crippen molar-refractivity contribution in [3.05, 3.63) is 35.1 Å². The Balaban J connectivity index is 2.75. The predicted molar refractivity (Wildman–Crippen MR) is 63.6 cm³/mol. The van der Waals surface area contributed by atoms with Gasteiger partial charge in [0.2, 0.25) is 0 Å². The fourth-order valence-electron chi connectivity index (χ4n) is 1.11. The number of nitrogens with two attached hydrogens (primary N) is 1. The molecule has 0 bridgehead atoms. The van der Waals surface area contributed by atoms with Gasteiger partial charge in [-0.2, -0.15) is 0 Å². The van der Waals surface area contributed by atoms with Gasteiger partial charge in [-0.1, -0.05) is 24.4 Å².